The maximum atomic E-state index is 11.9. The van der Waals surface area contributed by atoms with Crippen LogP contribution in [-0.4, -0.2) is 37.5 Å². The van der Waals surface area contributed by atoms with Crippen molar-refractivity contribution in [2.24, 2.45) is 11.7 Å². The fourth-order valence-corrected chi connectivity index (χ4v) is 4.47. The Morgan fingerprint density at radius 2 is 1.85 bits per heavy atom. The van der Waals surface area contributed by atoms with E-state index in [0.29, 0.717) is 18.3 Å². The van der Waals surface area contributed by atoms with Gasteiger partial charge < -0.3 is 10.6 Å². The van der Waals surface area contributed by atoms with Crippen LogP contribution in [0.15, 0.2) is 48.5 Å². The molecule has 2 aromatic rings. The fraction of sp³-hybridized carbons (Fsp3) is 0.409. The molecule has 4 rings (SSSR count). The van der Waals surface area contributed by atoms with Gasteiger partial charge in [-0.3, -0.25) is 9.69 Å². The number of halogens is 1. The highest BCUT2D eigenvalue weighted by Gasteiger charge is 2.32. The van der Waals surface area contributed by atoms with E-state index in [4.69, 9.17) is 5.73 Å². The molecule has 27 heavy (non-hydrogen) atoms. The average molecular weight is 386 g/mol. The van der Waals surface area contributed by atoms with E-state index in [-0.39, 0.29) is 18.3 Å². The lowest BCUT2D eigenvalue weighted by molar-refractivity contribution is -0.118. The van der Waals surface area contributed by atoms with Crippen molar-refractivity contribution in [1.29, 1.82) is 0 Å². The summed E-state index contributed by atoms with van der Waals surface area (Å²) >= 11 is 0. The normalized spacial score (nSPS) is 22.4. The zero-order valence-corrected chi connectivity index (χ0v) is 16.6. The van der Waals surface area contributed by atoms with Crippen molar-refractivity contribution >= 4 is 24.0 Å². The van der Waals surface area contributed by atoms with Gasteiger partial charge in [-0.25, -0.2) is 0 Å². The third kappa shape index (κ3) is 4.03. The molecule has 2 atom stereocenters. The minimum absolute atomic E-state index is 0. The Hall–Kier alpha value is -1.88. The van der Waals surface area contributed by atoms with Crippen LogP contribution in [-0.2, 0) is 17.8 Å². The molecule has 1 amide bonds. The summed E-state index contributed by atoms with van der Waals surface area (Å²) < 4.78 is 0. The lowest BCUT2D eigenvalue weighted by Crippen LogP contribution is -2.31. The van der Waals surface area contributed by atoms with E-state index in [1.165, 1.54) is 16.7 Å². The summed E-state index contributed by atoms with van der Waals surface area (Å²) in [6.07, 6.45) is 1.46. The van der Waals surface area contributed by atoms with Gasteiger partial charge >= 0.3 is 0 Å². The molecule has 0 spiro atoms. The molecule has 4 nitrogen and oxygen atoms in total. The van der Waals surface area contributed by atoms with Crippen LogP contribution < -0.4 is 10.6 Å². The Morgan fingerprint density at radius 1 is 1.07 bits per heavy atom. The number of nitrogens with two attached hydrogens (primary N) is 1. The van der Waals surface area contributed by atoms with Gasteiger partial charge in [0.05, 0.1) is 0 Å². The van der Waals surface area contributed by atoms with Gasteiger partial charge in [0.2, 0.25) is 5.91 Å². The molecule has 0 aromatic heterocycles. The summed E-state index contributed by atoms with van der Waals surface area (Å²) in [6.45, 7) is 3.78. The zero-order chi connectivity index (χ0) is 18.1. The lowest BCUT2D eigenvalue weighted by atomic mass is 9.89. The maximum absolute atomic E-state index is 11.9. The predicted octanol–water partition coefficient (Wildman–Crippen LogP) is 3.19. The van der Waals surface area contributed by atoms with Crippen molar-refractivity contribution in [1.82, 2.24) is 4.90 Å². The van der Waals surface area contributed by atoms with Crippen molar-refractivity contribution in [2.45, 2.75) is 25.3 Å². The second kappa shape index (κ2) is 8.42. The molecule has 5 heteroatoms. The first-order valence-corrected chi connectivity index (χ1v) is 9.51. The molecule has 0 bridgehead atoms. The number of hydrogen-bond donors (Lipinski definition) is 1. The van der Waals surface area contributed by atoms with Crippen LogP contribution in [0.2, 0.25) is 0 Å². The Labute approximate surface area is 167 Å². The zero-order valence-electron chi connectivity index (χ0n) is 15.8. The molecular formula is C22H28ClN3O. The van der Waals surface area contributed by atoms with Crippen molar-refractivity contribution < 1.29 is 4.79 Å². The SMILES string of the molecule is CN1C(=O)CCc2cc(CN3C[C@@H](CN)[C@H](c4ccccc4)C3)ccc21.Cl. The minimum atomic E-state index is 0. The molecule has 0 unspecified atom stereocenters. The van der Waals surface area contributed by atoms with Gasteiger partial charge in [-0.15, -0.1) is 12.4 Å². The van der Waals surface area contributed by atoms with E-state index < -0.39 is 0 Å². The average Bonchev–Trinajstić information content (AvgIpc) is 3.08. The molecule has 2 heterocycles. The number of fused-ring (bicyclic) bond motifs is 1. The summed E-state index contributed by atoms with van der Waals surface area (Å²) in [5, 5.41) is 0. The molecule has 1 saturated heterocycles. The fourth-order valence-electron chi connectivity index (χ4n) is 4.47. The number of benzene rings is 2. The molecule has 144 valence electrons. The van der Waals surface area contributed by atoms with E-state index in [0.717, 1.165) is 38.3 Å². The van der Waals surface area contributed by atoms with Crippen LogP contribution in [0.5, 0.6) is 0 Å². The number of hydrogen-bond acceptors (Lipinski definition) is 3. The van der Waals surface area contributed by atoms with Crippen LogP contribution in [0.1, 0.15) is 29.0 Å². The van der Waals surface area contributed by atoms with Crippen LogP contribution in [0.4, 0.5) is 5.69 Å². The van der Waals surface area contributed by atoms with E-state index in [9.17, 15) is 4.79 Å². The third-order valence-corrected chi connectivity index (χ3v) is 5.94. The number of nitrogens with zero attached hydrogens (tertiary/aromatic N) is 2. The van der Waals surface area contributed by atoms with Gasteiger partial charge in [0.15, 0.2) is 0 Å². The molecule has 0 radical (unpaired) electrons. The van der Waals surface area contributed by atoms with Crippen molar-refractivity contribution in [2.75, 3.05) is 31.6 Å². The third-order valence-electron chi connectivity index (χ3n) is 5.94. The highest BCUT2D eigenvalue weighted by Crippen LogP contribution is 2.34. The van der Waals surface area contributed by atoms with Gasteiger partial charge in [-0.2, -0.15) is 0 Å². The number of aryl methyl sites for hydroxylation is 1. The van der Waals surface area contributed by atoms with Crippen molar-refractivity contribution in [3.63, 3.8) is 0 Å². The number of amides is 1. The summed E-state index contributed by atoms with van der Waals surface area (Å²) in [7, 11) is 1.87. The lowest BCUT2D eigenvalue weighted by Gasteiger charge is -2.26. The van der Waals surface area contributed by atoms with Gasteiger partial charge in [-0.1, -0.05) is 42.5 Å². The molecule has 2 aromatic carbocycles. The quantitative estimate of drug-likeness (QED) is 0.879. The van der Waals surface area contributed by atoms with Crippen LogP contribution in [0, 0.1) is 5.92 Å². The van der Waals surface area contributed by atoms with Crippen LogP contribution >= 0.6 is 12.4 Å². The molecule has 0 saturated carbocycles. The minimum Gasteiger partial charge on any atom is -0.330 e. The Morgan fingerprint density at radius 3 is 2.59 bits per heavy atom. The molecule has 1 fully saturated rings. The number of anilines is 1. The summed E-state index contributed by atoms with van der Waals surface area (Å²) in [5.74, 6) is 1.24. The van der Waals surface area contributed by atoms with Gasteiger partial charge in [0.1, 0.15) is 0 Å². The Kier molecular flexibility index (Phi) is 6.20. The molecule has 2 aliphatic rings. The molecule has 2 aliphatic heterocycles. The number of likely N-dealkylation sites (tertiary alicyclic amines) is 1. The number of rotatable bonds is 4. The first-order valence-electron chi connectivity index (χ1n) is 9.51. The van der Waals surface area contributed by atoms with E-state index >= 15 is 0 Å². The first-order chi connectivity index (χ1) is 12.7. The number of carbonyl (C=O) groups is 1. The van der Waals surface area contributed by atoms with Crippen molar-refractivity contribution in [3.05, 3.63) is 65.2 Å². The van der Waals surface area contributed by atoms with Crippen molar-refractivity contribution in [3.8, 4) is 0 Å². The summed E-state index contributed by atoms with van der Waals surface area (Å²) in [4.78, 5) is 16.2. The topological polar surface area (TPSA) is 49.6 Å². The standard InChI is InChI=1S/C22H27N3O.ClH/c1-24-21-9-7-16(11-18(21)8-10-22(24)26)13-25-14-19(12-23)20(15-25)17-5-3-2-4-6-17;/h2-7,9,11,19-20H,8,10,12-15,23H2,1H3;1H/t19-,20+;/m1./s1. The summed E-state index contributed by atoms with van der Waals surface area (Å²) in [5.41, 5.74) is 11.2. The monoisotopic (exact) mass is 385 g/mol. The van der Waals surface area contributed by atoms with Gasteiger partial charge in [0.25, 0.3) is 0 Å². The second-order valence-electron chi connectivity index (χ2n) is 7.62. The Balaban J connectivity index is 0.00000210. The second-order valence-corrected chi connectivity index (χ2v) is 7.62. The smallest absolute Gasteiger partial charge is 0.227 e. The molecule has 0 aliphatic carbocycles. The molecular weight excluding hydrogens is 358 g/mol. The summed E-state index contributed by atoms with van der Waals surface area (Å²) in [6, 6.07) is 17.3. The molecule has 2 N–H and O–H groups in total. The highest BCUT2D eigenvalue weighted by atomic mass is 35.5. The largest absolute Gasteiger partial charge is 0.330 e. The van der Waals surface area contributed by atoms with Gasteiger partial charge in [-0.05, 0) is 41.6 Å². The highest BCUT2D eigenvalue weighted by molar-refractivity contribution is 5.95. The maximum Gasteiger partial charge on any atom is 0.227 e. The van der Waals surface area contributed by atoms with E-state index in [1.54, 1.807) is 4.90 Å². The van der Waals surface area contributed by atoms with E-state index in [1.807, 2.05) is 7.05 Å². The predicted molar refractivity (Wildman–Crippen MR) is 112 cm³/mol. The van der Waals surface area contributed by atoms with Crippen LogP contribution in [0.3, 0.4) is 0 Å². The number of carbonyl (C=O) groups excluding carboxylic acids is 1. The van der Waals surface area contributed by atoms with E-state index in [2.05, 4.69) is 53.4 Å². The Bertz CT molecular complexity index is 795. The van der Waals surface area contributed by atoms with Gasteiger partial charge in [0, 0.05) is 44.7 Å². The first kappa shape index (κ1) is 19.9. The van der Waals surface area contributed by atoms with Crippen LogP contribution in [0.25, 0.3) is 0 Å².